The minimum atomic E-state index is -5.00. The third kappa shape index (κ3) is 3.32. The molecule has 0 bridgehead atoms. The zero-order chi connectivity index (χ0) is 14.0. The van der Waals surface area contributed by atoms with Crippen LogP contribution in [0.5, 0.6) is 0 Å². The molecule has 2 N–H and O–H groups in total. The molecule has 0 saturated heterocycles. The maximum Gasteiger partial charge on any atom is 0.417 e. The van der Waals surface area contributed by atoms with E-state index in [-0.39, 0.29) is 0 Å². The number of amides is 1. The summed E-state index contributed by atoms with van der Waals surface area (Å²) < 4.78 is 37.8. The number of alkyl halides is 3. The lowest BCUT2D eigenvalue weighted by atomic mass is 10.0. The summed E-state index contributed by atoms with van der Waals surface area (Å²) >= 11 is 0. The molecule has 100 valence electrons. The van der Waals surface area contributed by atoms with Gasteiger partial charge in [0, 0.05) is 14.1 Å². The summed E-state index contributed by atoms with van der Waals surface area (Å²) in [5.74, 6) is -2.72. The smallest absolute Gasteiger partial charge is 0.417 e. The Hall–Kier alpha value is -1.31. The highest BCUT2D eigenvalue weighted by atomic mass is 19.4. The van der Waals surface area contributed by atoms with Crippen molar-refractivity contribution < 1.29 is 27.9 Å². The van der Waals surface area contributed by atoms with Crippen LogP contribution >= 0.6 is 0 Å². The molecule has 1 amide bonds. The fourth-order valence-electron chi connectivity index (χ4n) is 1.15. The first kappa shape index (κ1) is 15.7. The average Bonchev–Trinajstić information content (AvgIpc) is 2.13. The molecule has 0 aliphatic heterocycles. The molecule has 2 atom stereocenters. The van der Waals surface area contributed by atoms with Crippen LogP contribution < -0.4 is 5.32 Å². The standard InChI is InChI=1S/C9H15F3N2O3/c1-5(6(15)14(3)4)13-8(2,7(16)17)9(10,11)12/h5,13H,1-4H3,(H,16,17). The minimum Gasteiger partial charge on any atom is -0.480 e. The normalized spacial score (nSPS) is 17.1. The van der Waals surface area contributed by atoms with E-state index in [9.17, 15) is 22.8 Å². The second-order valence-corrected chi connectivity index (χ2v) is 4.03. The summed E-state index contributed by atoms with van der Waals surface area (Å²) in [6.07, 6.45) is -5.00. The topological polar surface area (TPSA) is 69.6 Å². The van der Waals surface area contributed by atoms with Gasteiger partial charge in [-0.15, -0.1) is 0 Å². The molecule has 0 aliphatic rings. The van der Waals surface area contributed by atoms with Crippen LogP contribution in [0.25, 0.3) is 0 Å². The summed E-state index contributed by atoms with van der Waals surface area (Å²) in [6.45, 7) is 1.66. The number of carboxylic acid groups (broad SMARTS) is 1. The van der Waals surface area contributed by atoms with Crippen molar-refractivity contribution in [3.63, 3.8) is 0 Å². The van der Waals surface area contributed by atoms with Crippen molar-refractivity contribution in [2.45, 2.75) is 31.6 Å². The lowest BCUT2D eigenvalue weighted by molar-refractivity contribution is -0.207. The summed E-state index contributed by atoms with van der Waals surface area (Å²) in [4.78, 5) is 23.1. The Bertz CT molecular complexity index is 317. The van der Waals surface area contributed by atoms with Crippen LogP contribution in [0.15, 0.2) is 0 Å². The van der Waals surface area contributed by atoms with Crippen LogP contribution in [0.1, 0.15) is 13.8 Å². The van der Waals surface area contributed by atoms with E-state index >= 15 is 0 Å². The van der Waals surface area contributed by atoms with E-state index in [0.717, 1.165) is 4.90 Å². The number of halogens is 3. The first-order valence-electron chi connectivity index (χ1n) is 4.72. The first-order chi connectivity index (χ1) is 7.43. The summed E-state index contributed by atoms with van der Waals surface area (Å²) in [5.41, 5.74) is -3.15. The number of hydrogen-bond donors (Lipinski definition) is 2. The van der Waals surface area contributed by atoms with Gasteiger partial charge in [0.2, 0.25) is 11.4 Å². The molecule has 2 unspecified atom stereocenters. The number of carboxylic acids is 1. The summed E-state index contributed by atoms with van der Waals surface area (Å²) in [7, 11) is 2.73. The van der Waals surface area contributed by atoms with Crippen molar-refractivity contribution in [3.8, 4) is 0 Å². The number of likely N-dealkylation sites (N-methyl/N-ethyl adjacent to an activating group) is 1. The monoisotopic (exact) mass is 256 g/mol. The highest BCUT2D eigenvalue weighted by Crippen LogP contribution is 2.30. The van der Waals surface area contributed by atoms with E-state index in [4.69, 9.17) is 5.11 Å². The lowest BCUT2D eigenvalue weighted by Gasteiger charge is -2.32. The van der Waals surface area contributed by atoms with Gasteiger partial charge in [-0.05, 0) is 13.8 Å². The van der Waals surface area contributed by atoms with Gasteiger partial charge in [0.25, 0.3) is 0 Å². The Balaban J connectivity index is 5.05. The number of carbonyl (C=O) groups is 2. The van der Waals surface area contributed by atoms with E-state index in [0.29, 0.717) is 6.92 Å². The van der Waals surface area contributed by atoms with Crippen LogP contribution in [-0.4, -0.2) is 53.7 Å². The Morgan fingerprint density at radius 1 is 1.29 bits per heavy atom. The minimum absolute atomic E-state index is 0.481. The fourth-order valence-corrected chi connectivity index (χ4v) is 1.15. The molecule has 0 rings (SSSR count). The van der Waals surface area contributed by atoms with Crippen LogP contribution in [-0.2, 0) is 9.59 Å². The SMILES string of the molecule is CC(NC(C)(C(=O)O)C(F)(F)F)C(=O)N(C)C. The maximum atomic E-state index is 12.6. The Morgan fingerprint density at radius 3 is 1.94 bits per heavy atom. The molecule has 0 aromatic carbocycles. The fraction of sp³-hybridized carbons (Fsp3) is 0.778. The zero-order valence-corrected chi connectivity index (χ0v) is 9.92. The van der Waals surface area contributed by atoms with Crippen molar-refractivity contribution in [2.24, 2.45) is 0 Å². The quantitative estimate of drug-likeness (QED) is 0.766. The van der Waals surface area contributed by atoms with Crippen LogP contribution in [0.3, 0.4) is 0 Å². The van der Waals surface area contributed by atoms with E-state index in [1.54, 1.807) is 5.32 Å². The van der Waals surface area contributed by atoms with Crippen LogP contribution in [0.2, 0.25) is 0 Å². The molecule has 0 saturated carbocycles. The zero-order valence-electron chi connectivity index (χ0n) is 9.92. The number of carbonyl (C=O) groups excluding carboxylic acids is 1. The molecule has 0 spiro atoms. The largest absolute Gasteiger partial charge is 0.480 e. The molecular formula is C9H15F3N2O3. The van der Waals surface area contributed by atoms with Crippen molar-refractivity contribution >= 4 is 11.9 Å². The van der Waals surface area contributed by atoms with Gasteiger partial charge in [-0.1, -0.05) is 0 Å². The van der Waals surface area contributed by atoms with Crippen LogP contribution in [0, 0.1) is 0 Å². The summed E-state index contributed by atoms with van der Waals surface area (Å²) in [6, 6.07) is -1.26. The van der Waals surface area contributed by atoms with Gasteiger partial charge in [0.1, 0.15) is 0 Å². The first-order valence-corrected chi connectivity index (χ1v) is 4.72. The van der Waals surface area contributed by atoms with E-state index < -0.39 is 29.6 Å². The predicted molar refractivity (Wildman–Crippen MR) is 53.4 cm³/mol. The van der Waals surface area contributed by atoms with Gasteiger partial charge in [0.05, 0.1) is 6.04 Å². The Kier molecular flexibility index (Phi) is 4.53. The lowest BCUT2D eigenvalue weighted by Crippen LogP contribution is -2.64. The third-order valence-electron chi connectivity index (χ3n) is 2.31. The number of rotatable bonds is 4. The molecule has 0 radical (unpaired) electrons. The molecule has 0 aliphatic carbocycles. The molecule has 0 fully saturated rings. The van der Waals surface area contributed by atoms with Gasteiger partial charge in [-0.25, -0.2) is 4.79 Å². The van der Waals surface area contributed by atoms with E-state index in [1.807, 2.05) is 0 Å². The highest BCUT2D eigenvalue weighted by molar-refractivity contribution is 5.84. The number of aliphatic carboxylic acids is 1. The molecule has 17 heavy (non-hydrogen) atoms. The van der Waals surface area contributed by atoms with Gasteiger partial charge in [-0.2, -0.15) is 13.2 Å². The van der Waals surface area contributed by atoms with Gasteiger partial charge >= 0.3 is 12.1 Å². The van der Waals surface area contributed by atoms with Crippen molar-refractivity contribution in [1.29, 1.82) is 0 Å². The number of nitrogens with one attached hydrogen (secondary N) is 1. The molecule has 8 heteroatoms. The number of hydrogen-bond acceptors (Lipinski definition) is 3. The molecule has 0 aromatic rings. The predicted octanol–water partition coefficient (Wildman–Crippen LogP) is 0.458. The van der Waals surface area contributed by atoms with E-state index in [2.05, 4.69) is 0 Å². The maximum absolute atomic E-state index is 12.6. The molecule has 5 nitrogen and oxygen atoms in total. The second-order valence-electron chi connectivity index (χ2n) is 4.03. The molecule has 0 heterocycles. The van der Waals surface area contributed by atoms with Gasteiger partial charge in [0.15, 0.2) is 0 Å². The van der Waals surface area contributed by atoms with Crippen molar-refractivity contribution in [1.82, 2.24) is 10.2 Å². The van der Waals surface area contributed by atoms with Gasteiger partial charge in [-0.3, -0.25) is 10.1 Å². The van der Waals surface area contributed by atoms with Gasteiger partial charge < -0.3 is 10.0 Å². The van der Waals surface area contributed by atoms with Crippen molar-refractivity contribution in [2.75, 3.05) is 14.1 Å². The highest BCUT2D eigenvalue weighted by Gasteiger charge is 2.58. The summed E-state index contributed by atoms with van der Waals surface area (Å²) in [5, 5.41) is 10.4. The second kappa shape index (κ2) is 4.91. The Morgan fingerprint density at radius 2 is 1.71 bits per heavy atom. The van der Waals surface area contributed by atoms with Crippen molar-refractivity contribution in [3.05, 3.63) is 0 Å². The number of nitrogens with zero attached hydrogens (tertiary/aromatic N) is 1. The molecule has 0 aromatic heterocycles. The average molecular weight is 256 g/mol. The third-order valence-corrected chi connectivity index (χ3v) is 2.31. The van der Waals surface area contributed by atoms with Crippen LogP contribution in [0.4, 0.5) is 13.2 Å². The molecular weight excluding hydrogens is 241 g/mol. The Labute approximate surface area is 96.6 Å². The van der Waals surface area contributed by atoms with E-state index in [1.165, 1.54) is 21.0 Å².